The predicted octanol–water partition coefficient (Wildman–Crippen LogP) is 3.57. The summed E-state index contributed by atoms with van der Waals surface area (Å²) >= 11 is 6.15. The number of halogens is 1. The highest BCUT2D eigenvalue weighted by atomic mass is 35.5. The number of hydroxylamine groups is 1. The molecule has 1 saturated heterocycles. The molecule has 0 bridgehead atoms. The second kappa shape index (κ2) is 8.89. The molecular weight excluding hydrogens is 330 g/mol. The highest BCUT2D eigenvalue weighted by Crippen LogP contribution is 2.27. The quantitative estimate of drug-likeness (QED) is 0.559. The molecule has 1 heterocycles. The average molecular weight is 354 g/mol. The van der Waals surface area contributed by atoms with E-state index in [-0.39, 0.29) is 11.9 Å². The smallest absolute Gasteiger partial charge is 0.321 e. The van der Waals surface area contributed by atoms with E-state index in [0.717, 1.165) is 31.2 Å². The van der Waals surface area contributed by atoms with Crippen molar-refractivity contribution in [3.63, 3.8) is 0 Å². The fourth-order valence-electron chi connectivity index (χ4n) is 3.01. The fourth-order valence-corrected chi connectivity index (χ4v) is 3.28. The number of hydrogen-bond donors (Lipinski definition) is 3. The van der Waals surface area contributed by atoms with Crippen molar-refractivity contribution in [1.82, 2.24) is 10.4 Å². The third-order valence-electron chi connectivity index (χ3n) is 4.50. The number of nitrogens with zero attached hydrogens (tertiary/aromatic N) is 1. The van der Waals surface area contributed by atoms with Crippen LogP contribution in [0.25, 0.3) is 0 Å². The van der Waals surface area contributed by atoms with Crippen molar-refractivity contribution in [2.24, 2.45) is 5.92 Å². The van der Waals surface area contributed by atoms with Crippen LogP contribution >= 0.6 is 11.6 Å². The van der Waals surface area contributed by atoms with Crippen molar-refractivity contribution in [3.8, 4) is 0 Å². The summed E-state index contributed by atoms with van der Waals surface area (Å²) in [7, 11) is 0. The second-order valence-electron chi connectivity index (χ2n) is 6.22. The third-order valence-corrected chi connectivity index (χ3v) is 4.81. The van der Waals surface area contributed by atoms with E-state index >= 15 is 0 Å². The van der Waals surface area contributed by atoms with Gasteiger partial charge < -0.3 is 10.2 Å². The lowest BCUT2D eigenvalue weighted by atomic mass is 9.91. The first kappa shape index (κ1) is 18.5. The Balaban J connectivity index is 1.77. The molecule has 1 aromatic carbocycles. The molecule has 24 heavy (non-hydrogen) atoms. The fraction of sp³-hybridized carbons (Fsp3) is 0.529. The molecule has 0 saturated carbocycles. The number of aryl methyl sites for hydroxylation is 1. The standard InChI is InChI=1S/C17H24ClN3O3/c1-12-4-2-6-14(18)16(12)19-17(23)21-10-8-13(9-11-21)5-3-7-15(22)20-24/h2,4,6,13,24H,3,5,7-11H2,1H3,(H,19,23)(H,20,22). The first-order chi connectivity index (χ1) is 11.5. The van der Waals surface area contributed by atoms with Gasteiger partial charge >= 0.3 is 6.03 Å². The van der Waals surface area contributed by atoms with E-state index < -0.39 is 0 Å². The number of nitrogens with one attached hydrogen (secondary N) is 2. The van der Waals surface area contributed by atoms with E-state index in [1.165, 1.54) is 0 Å². The van der Waals surface area contributed by atoms with E-state index in [4.69, 9.17) is 16.8 Å². The summed E-state index contributed by atoms with van der Waals surface area (Å²) in [6.07, 6.45) is 3.88. The number of benzene rings is 1. The number of para-hydroxylation sites is 1. The summed E-state index contributed by atoms with van der Waals surface area (Å²) in [4.78, 5) is 25.2. The summed E-state index contributed by atoms with van der Waals surface area (Å²) in [5.74, 6) is 0.171. The Hall–Kier alpha value is -1.79. The Morgan fingerprint density at radius 2 is 2.04 bits per heavy atom. The Bertz CT molecular complexity index is 566. The average Bonchev–Trinajstić information content (AvgIpc) is 2.58. The van der Waals surface area contributed by atoms with Crippen molar-refractivity contribution in [3.05, 3.63) is 28.8 Å². The Kier molecular flexibility index (Phi) is 6.87. The van der Waals surface area contributed by atoms with Crippen LogP contribution in [0.5, 0.6) is 0 Å². The molecule has 7 heteroatoms. The lowest BCUT2D eigenvalue weighted by molar-refractivity contribution is -0.129. The Morgan fingerprint density at radius 3 is 2.67 bits per heavy atom. The van der Waals surface area contributed by atoms with E-state index in [2.05, 4.69) is 5.32 Å². The van der Waals surface area contributed by atoms with Crippen LogP contribution in [0, 0.1) is 12.8 Å². The van der Waals surface area contributed by atoms with Crippen LogP contribution in [0.1, 0.15) is 37.7 Å². The largest absolute Gasteiger partial charge is 0.325 e. The van der Waals surface area contributed by atoms with Crippen LogP contribution in [0.2, 0.25) is 5.02 Å². The second-order valence-corrected chi connectivity index (χ2v) is 6.63. The van der Waals surface area contributed by atoms with Crippen LogP contribution in [-0.2, 0) is 4.79 Å². The van der Waals surface area contributed by atoms with Crippen LogP contribution in [-0.4, -0.2) is 35.1 Å². The molecule has 6 nitrogen and oxygen atoms in total. The van der Waals surface area contributed by atoms with E-state index in [1.807, 2.05) is 19.1 Å². The van der Waals surface area contributed by atoms with E-state index in [9.17, 15) is 9.59 Å². The maximum Gasteiger partial charge on any atom is 0.321 e. The summed E-state index contributed by atoms with van der Waals surface area (Å²) in [5, 5.41) is 11.9. The van der Waals surface area contributed by atoms with Gasteiger partial charge in [0.25, 0.3) is 0 Å². The predicted molar refractivity (Wildman–Crippen MR) is 93.3 cm³/mol. The van der Waals surface area contributed by atoms with Crippen molar-refractivity contribution in [2.45, 2.75) is 39.0 Å². The van der Waals surface area contributed by atoms with Gasteiger partial charge in [0.1, 0.15) is 0 Å². The molecule has 0 radical (unpaired) electrons. The van der Waals surface area contributed by atoms with Gasteiger partial charge in [-0.25, -0.2) is 10.3 Å². The zero-order chi connectivity index (χ0) is 17.5. The van der Waals surface area contributed by atoms with Crippen LogP contribution in [0.4, 0.5) is 10.5 Å². The number of carbonyl (C=O) groups excluding carboxylic acids is 2. The summed E-state index contributed by atoms with van der Waals surface area (Å²) in [6.45, 7) is 3.31. The van der Waals surface area contributed by atoms with Crippen molar-refractivity contribution in [2.75, 3.05) is 18.4 Å². The van der Waals surface area contributed by atoms with Gasteiger partial charge in [-0.2, -0.15) is 0 Å². The SMILES string of the molecule is Cc1cccc(Cl)c1NC(=O)N1CCC(CCCC(=O)NO)CC1. The topological polar surface area (TPSA) is 81.7 Å². The molecule has 1 fully saturated rings. The lowest BCUT2D eigenvalue weighted by Gasteiger charge is -2.32. The first-order valence-corrected chi connectivity index (χ1v) is 8.63. The Labute approximate surface area is 147 Å². The van der Waals surface area contributed by atoms with Crippen molar-refractivity contribution >= 4 is 29.2 Å². The summed E-state index contributed by atoms with van der Waals surface area (Å²) < 4.78 is 0. The number of likely N-dealkylation sites (tertiary alicyclic amines) is 1. The molecule has 1 aromatic rings. The number of carbonyl (C=O) groups is 2. The maximum absolute atomic E-state index is 12.4. The van der Waals surface area contributed by atoms with Gasteiger partial charge in [0.05, 0.1) is 10.7 Å². The van der Waals surface area contributed by atoms with Gasteiger partial charge in [0.2, 0.25) is 5.91 Å². The maximum atomic E-state index is 12.4. The van der Waals surface area contributed by atoms with Crippen molar-refractivity contribution in [1.29, 1.82) is 0 Å². The van der Waals surface area contributed by atoms with Gasteiger partial charge in [0.15, 0.2) is 0 Å². The number of anilines is 1. The summed E-state index contributed by atoms with van der Waals surface area (Å²) in [6, 6.07) is 5.41. The van der Waals surface area contributed by atoms with Crippen LogP contribution in [0.15, 0.2) is 18.2 Å². The molecule has 3 N–H and O–H groups in total. The van der Waals surface area contributed by atoms with E-state index in [1.54, 1.807) is 16.4 Å². The molecule has 1 aliphatic heterocycles. The highest BCUT2D eigenvalue weighted by molar-refractivity contribution is 6.33. The van der Waals surface area contributed by atoms with Crippen molar-refractivity contribution < 1.29 is 14.8 Å². The van der Waals surface area contributed by atoms with Gasteiger partial charge in [-0.05, 0) is 50.2 Å². The monoisotopic (exact) mass is 353 g/mol. The zero-order valence-corrected chi connectivity index (χ0v) is 14.6. The minimum Gasteiger partial charge on any atom is -0.325 e. The van der Waals surface area contributed by atoms with Gasteiger partial charge in [0, 0.05) is 19.5 Å². The molecule has 2 rings (SSSR count). The summed E-state index contributed by atoms with van der Waals surface area (Å²) in [5.41, 5.74) is 3.25. The molecule has 0 aliphatic carbocycles. The minimum absolute atomic E-state index is 0.121. The zero-order valence-electron chi connectivity index (χ0n) is 13.8. The van der Waals surface area contributed by atoms with Crippen LogP contribution in [0.3, 0.4) is 0 Å². The van der Waals surface area contributed by atoms with Crippen LogP contribution < -0.4 is 10.8 Å². The van der Waals surface area contributed by atoms with Gasteiger partial charge in [-0.1, -0.05) is 23.7 Å². The number of amides is 3. The molecule has 132 valence electrons. The van der Waals surface area contributed by atoms with Gasteiger partial charge in [-0.15, -0.1) is 0 Å². The highest BCUT2D eigenvalue weighted by Gasteiger charge is 2.23. The lowest BCUT2D eigenvalue weighted by Crippen LogP contribution is -2.41. The third kappa shape index (κ3) is 5.11. The molecule has 0 atom stereocenters. The Morgan fingerprint density at radius 1 is 1.33 bits per heavy atom. The number of rotatable bonds is 5. The van der Waals surface area contributed by atoms with Gasteiger partial charge in [-0.3, -0.25) is 10.0 Å². The molecule has 3 amide bonds. The number of hydrogen-bond acceptors (Lipinski definition) is 3. The minimum atomic E-state index is -0.345. The molecule has 0 unspecified atom stereocenters. The molecule has 0 spiro atoms. The molecule has 1 aliphatic rings. The molecular formula is C17H24ClN3O3. The van der Waals surface area contributed by atoms with E-state index in [0.29, 0.717) is 36.1 Å². The first-order valence-electron chi connectivity index (χ1n) is 8.25. The molecule has 0 aromatic heterocycles. The normalized spacial score (nSPS) is 15.2. The number of piperidine rings is 1. The number of urea groups is 1.